The molecule has 2 rings (SSSR count). The molecule has 3 N–H and O–H groups in total. The van der Waals surface area contributed by atoms with Gasteiger partial charge in [0.2, 0.25) is 0 Å². The number of aliphatic hydroxyl groups excluding tert-OH is 3. The third kappa shape index (κ3) is 8.18. The molecule has 1 aliphatic rings. The van der Waals surface area contributed by atoms with Gasteiger partial charge in [-0.3, -0.25) is 4.79 Å². The SMILES string of the molecule is COC(=O)CCCCCCC1C(O)CC(O)C1CCC(O)C#Cc1ccccc1. The Morgan fingerprint density at radius 2 is 1.72 bits per heavy atom. The molecule has 0 aliphatic heterocycles. The number of rotatable bonds is 10. The number of esters is 1. The molecule has 0 heterocycles. The molecule has 29 heavy (non-hydrogen) atoms. The summed E-state index contributed by atoms with van der Waals surface area (Å²) in [5, 5.41) is 30.9. The van der Waals surface area contributed by atoms with Gasteiger partial charge in [-0.2, -0.15) is 0 Å². The number of hydrogen-bond donors (Lipinski definition) is 3. The van der Waals surface area contributed by atoms with Crippen molar-refractivity contribution in [3.8, 4) is 11.8 Å². The molecule has 0 bridgehead atoms. The zero-order valence-electron chi connectivity index (χ0n) is 17.3. The highest BCUT2D eigenvalue weighted by molar-refractivity contribution is 5.68. The lowest BCUT2D eigenvalue weighted by molar-refractivity contribution is -0.140. The van der Waals surface area contributed by atoms with Crippen LogP contribution in [-0.4, -0.2) is 46.7 Å². The van der Waals surface area contributed by atoms with E-state index in [1.54, 1.807) is 0 Å². The minimum atomic E-state index is -0.737. The maximum atomic E-state index is 11.1. The van der Waals surface area contributed by atoms with E-state index in [1.165, 1.54) is 7.11 Å². The van der Waals surface area contributed by atoms with Gasteiger partial charge < -0.3 is 20.1 Å². The monoisotopic (exact) mass is 402 g/mol. The molecular formula is C24H34O5. The van der Waals surface area contributed by atoms with Crippen LogP contribution in [0.3, 0.4) is 0 Å². The number of ether oxygens (including phenoxy) is 1. The summed E-state index contributed by atoms with van der Waals surface area (Å²) in [5.41, 5.74) is 0.868. The van der Waals surface area contributed by atoms with E-state index in [0.29, 0.717) is 25.7 Å². The fraction of sp³-hybridized carbons (Fsp3) is 0.625. The highest BCUT2D eigenvalue weighted by atomic mass is 16.5. The maximum absolute atomic E-state index is 11.1. The van der Waals surface area contributed by atoms with E-state index < -0.39 is 18.3 Å². The molecule has 0 amide bonds. The summed E-state index contributed by atoms with van der Waals surface area (Å²) < 4.78 is 4.64. The zero-order chi connectivity index (χ0) is 21.1. The van der Waals surface area contributed by atoms with Crippen LogP contribution in [0.2, 0.25) is 0 Å². The molecule has 5 heteroatoms. The Hall–Kier alpha value is -1.87. The molecule has 0 spiro atoms. The Labute approximate surface area is 174 Å². The number of unbranched alkanes of at least 4 members (excludes halogenated alkanes) is 3. The van der Waals surface area contributed by atoms with Crippen molar-refractivity contribution in [2.45, 2.75) is 76.1 Å². The molecule has 160 valence electrons. The topological polar surface area (TPSA) is 87.0 Å². The lowest BCUT2D eigenvalue weighted by Crippen LogP contribution is -2.23. The van der Waals surface area contributed by atoms with Crippen LogP contribution in [-0.2, 0) is 9.53 Å². The van der Waals surface area contributed by atoms with Crippen LogP contribution < -0.4 is 0 Å². The molecule has 5 unspecified atom stereocenters. The van der Waals surface area contributed by atoms with Gasteiger partial charge in [0.05, 0.1) is 19.3 Å². The predicted molar refractivity (Wildman–Crippen MR) is 112 cm³/mol. The van der Waals surface area contributed by atoms with Gasteiger partial charge in [0.15, 0.2) is 0 Å². The Bertz CT molecular complexity index is 663. The van der Waals surface area contributed by atoms with E-state index in [9.17, 15) is 20.1 Å². The van der Waals surface area contributed by atoms with Crippen molar-refractivity contribution in [1.29, 1.82) is 0 Å². The largest absolute Gasteiger partial charge is 0.469 e. The van der Waals surface area contributed by atoms with E-state index in [4.69, 9.17) is 0 Å². The Balaban J connectivity index is 1.74. The molecule has 1 aromatic carbocycles. The van der Waals surface area contributed by atoms with Gasteiger partial charge >= 0.3 is 5.97 Å². The molecule has 1 saturated carbocycles. The van der Waals surface area contributed by atoms with E-state index in [1.807, 2.05) is 30.3 Å². The maximum Gasteiger partial charge on any atom is 0.305 e. The van der Waals surface area contributed by atoms with Crippen LogP contribution in [0, 0.1) is 23.7 Å². The second-order valence-electron chi connectivity index (χ2n) is 7.96. The van der Waals surface area contributed by atoms with Gasteiger partial charge in [-0.15, -0.1) is 0 Å². The fourth-order valence-electron chi connectivity index (χ4n) is 4.20. The Kier molecular flexibility index (Phi) is 10.2. The molecule has 1 aromatic rings. The minimum absolute atomic E-state index is 0.00626. The molecule has 5 atom stereocenters. The number of carbonyl (C=O) groups is 1. The van der Waals surface area contributed by atoms with Gasteiger partial charge in [0, 0.05) is 12.0 Å². The van der Waals surface area contributed by atoms with E-state index >= 15 is 0 Å². The van der Waals surface area contributed by atoms with Crippen LogP contribution >= 0.6 is 0 Å². The minimum Gasteiger partial charge on any atom is -0.469 e. The third-order valence-corrected chi connectivity index (χ3v) is 5.85. The summed E-state index contributed by atoms with van der Waals surface area (Å²) in [5.74, 6) is 5.72. The van der Waals surface area contributed by atoms with Crippen LogP contribution in [0.1, 0.15) is 63.4 Å². The molecule has 5 nitrogen and oxygen atoms in total. The third-order valence-electron chi connectivity index (χ3n) is 5.85. The van der Waals surface area contributed by atoms with Crippen LogP contribution in [0.15, 0.2) is 30.3 Å². The summed E-state index contributed by atoms with van der Waals surface area (Å²) in [6.45, 7) is 0. The van der Waals surface area contributed by atoms with Crippen molar-refractivity contribution in [3.63, 3.8) is 0 Å². The van der Waals surface area contributed by atoms with Gasteiger partial charge in [-0.1, -0.05) is 49.3 Å². The Morgan fingerprint density at radius 1 is 1.07 bits per heavy atom. The first-order valence-electron chi connectivity index (χ1n) is 10.7. The van der Waals surface area contributed by atoms with E-state index in [2.05, 4.69) is 16.6 Å². The summed E-state index contributed by atoms with van der Waals surface area (Å²) in [6.07, 6.45) is 4.83. The summed E-state index contributed by atoms with van der Waals surface area (Å²) in [7, 11) is 1.40. The predicted octanol–water partition coefficient (Wildman–Crippen LogP) is 3.05. The van der Waals surface area contributed by atoms with Crippen LogP contribution in [0.25, 0.3) is 0 Å². The number of benzene rings is 1. The average Bonchev–Trinajstić information content (AvgIpc) is 3.00. The van der Waals surface area contributed by atoms with Crippen molar-refractivity contribution in [2.75, 3.05) is 7.11 Å². The highest BCUT2D eigenvalue weighted by Crippen LogP contribution is 2.39. The smallest absolute Gasteiger partial charge is 0.305 e. The lowest BCUT2D eigenvalue weighted by Gasteiger charge is -2.24. The molecular weight excluding hydrogens is 368 g/mol. The first-order chi connectivity index (χ1) is 14.0. The molecule has 0 saturated heterocycles. The van der Waals surface area contributed by atoms with Crippen molar-refractivity contribution >= 4 is 5.97 Å². The van der Waals surface area contributed by atoms with Crippen molar-refractivity contribution in [2.24, 2.45) is 11.8 Å². The van der Waals surface area contributed by atoms with Crippen LogP contribution in [0.4, 0.5) is 0 Å². The molecule has 1 fully saturated rings. The summed E-state index contributed by atoms with van der Waals surface area (Å²) in [6, 6.07) is 9.54. The zero-order valence-corrected chi connectivity index (χ0v) is 17.3. The molecule has 1 aliphatic carbocycles. The first-order valence-corrected chi connectivity index (χ1v) is 10.7. The quantitative estimate of drug-likeness (QED) is 0.318. The Morgan fingerprint density at radius 3 is 2.41 bits per heavy atom. The van der Waals surface area contributed by atoms with Gasteiger partial charge in [-0.05, 0) is 56.1 Å². The lowest BCUT2D eigenvalue weighted by atomic mass is 9.85. The van der Waals surface area contributed by atoms with Crippen molar-refractivity contribution in [3.05, 3.63) is 35.9 Å². The second-order valence-corrected chi connectivity index (χ2v) is 7.96. The van der Waals surface area contributed by atoms with Crippen LogP contribution in [0.5, 0.6) is 0 Å². The average molecular weight is 403 g/mol. The number of hydrogen-bond acceptors (Lipinski definition) is 5. The first kappa shape index (κ1) is 23.4. The van der Waals surface area contributed by atoms with E-state index in [0.717, 1.165) is 37.7 Å². The van der Waals surface area contributed by atoms with Gasteiger partial charge in [0.1, 0.15) is 6.10 Å². The van der Waals surface area contributed by atoms with E-state index in [-0.39, 0.29) is 17.8 Å². The standard InChI is InChI=1S/C24H34O5/c1-29-24(28)12-8-3-2-7-11-20-21(23(27)17-22(20)26)16-15-19(25)14-13-18-9-5-4-6-10-18/h4-6,9-10,19-23,25-27H,2-3,7-8,11-12,15-17H2,1H3. The van der Waals surface area contributed by atoms with Gasteiger partial charge in [0.25, 0.3) is 0 Å². The van der Waals surface area contributed by atoms with Crippen molar-refractivity contribution < 1.29 is 24.9 Å². The molecule has 0 aromatic heterocycles. The highest BCUT2D eigenvalue weighted by Gasteiger charge is 2.40. The summed E-state index contributed by atoms with van der Waals surface area (Å²) in [4.78, 5) is 11.1. The number of carbonyl (C=O) groups excluding carboxylic acids is 1. The normalized spacial score (nSPS) is 24.6. The number of methoxy groups -OCH3 is 1. The number of aliphatic hydroxyl groups is 3. The van der Waals surface area contributed by atoms with Crippen molar-refractivity contribution in [1.82, 2.24) is 0 Å². The molecule has 0 radical (unpaired) electrons. The van der Waals surface area contributed by atoms with Gasteiger partial charge in [-0.25, -0.2) is 0 Å². The second kappa shape index (κ2) is 12.6. The fourth-order valence-corrected chi connectivity index (χ4v) is 4.20. The summed E-state index contributed by atoms with van der Waals surface area (Å²) >= 11 is 0.